The van der Waals surface area contributed by atoms with E-state index in [9.17, 15) is 0 Å². The van der Waals surface area contributed by atoms with E-state index < -0.39 is 0 Å². The highest BCUT2D eigenvalue weighted by Crippen LogP contribution is 2.09. The van der Waals surface area contributed by atoms with E-state index in [1.54, 1.807) is 6.20 Å². The van der Waals surface area contributed by atoms with Gasteiger partial charge in [-0.1, -0.05) is 26.0 Å². The Morgan fingerprint density at radius 2 is 1.80 bits per heavy atom. The molecule has 0 aliphatic rings. The molecule has 1 N–H and O–H groups in total. The van der Waals surface area contributed by atoms with Gasteiger partial charge in [0.1, 0.15) is 0 Å². The Morgan fingerprint density at radius 1 is 1.08 bits per heavy atom. The van der Waals surface area contributed by atoms with Gasteiger partial charge in [0.2, 0.25) is 0 Å². The van der Waals surface area contributed by atoms with Gasteiger partial charge >= 0.3 is 0 Å². The topological polar surface area (TPSA) is 70.4 Å². The first-order valence-corrected chi connectivity index (χ1v) is 9.23. The first kappa shape index (κ1) is 22.0. The summed E-state index contributed by atoms with van der Waals surface area (Å²) in [4.78, 5) is 0. The average Bonchev–Trinajstić information content (AvgIpc) is 2.95. The summed E-state index contributed by atoms with van der Waals surface area (Å²) in [5.41, 5.74) is 1.38. The summed E-state index contributed by atoms with van der Waals surface area (Å²) in [6, 6.07) is 0. The lowest BCUT2D eigenvalue weighted by molar-refractivity contribution is 0.0439. The van der Waals surface area contributed by atoms with Crippen LogP contribution in [0.25, 0.3) is 0 Å². The van der Waals surface area contributed by atoms with Crippen LogP contribution in [0.5, 0.6) is 0 Å². The molecule has 7 nitrogen and oxygen atoms in total. The number of aromatic nitrogens is 3. The first-order chi connectivity index (χ1) is 11.9. The maximum atomic E-state index is 5.60. The van der Waals surface area contributed by atoms with Crippen molar-refractivity contribution in [1.82, 2.24) is 20.3 Å². The third kappa shape index (κ3) is 12.0. The molecule has 0 atom stereocenters. The molecule has 0 amide bonds. The molecule has 1 rings (SSSR count). The molecule has 1 aromatic heterocycles. The molecule has 0 bridgehead atoms. The van der Waals surface area contributed by atoms with Crippen LogP contribution in [0.15, 0.2) is 6.20 Å². The van der Waals surface area contributed by atoms with Crippen molar-refractivity contribution < 1.29 is 14.2 Å². The zero-order valence-electron chi connectivity index (χ0n) is 16.6. The maximum Gasteiger partial charge on any atom is 0.0726 e. The monoisotopic (exact) mass is 356 g/mol. The number of nitrogens with one attached hydrogen (secondary N) is 1. The highest BCUT2D eigenvalue weighted by Gasteiger charge is 2.08. The van der Waals surface area contributed by atoms with Crippen LogP contribution >= 0.6 is 0 Å². The summed E-state index contributed by atoms with van der Waals surface area (Å²) in [6.07, 6.45) is 2.85. The molecule has 0 saturated carbocycles. The predicted molar refractivity (Wildman–Crippen MR) is 98.8 cm³/mol. The van der Waals surface area contributed by atoms with E-state index in [1.807, 2.05) is 18.5 Å². The summed E-state index contributed by atoms with van der Waals surface area (Å²) in [6.45, 7) is 16.5. The van der Waals surface area contributed by atoms with Crippen LogP contribution in [-0.2, 0) is 27.2 Å². The summed E-state index contributed by atoms with van der Waals surface area (Å²) in [5, 5.41) is 11.4. The second kappa shape index (κ2) is 12.4. The Bertz CT molecular complexity index is 444. The van der Waals surface area contributed by atoms with Crippen molar-refractivity contribution in [3.63, 3.8) is 0 Å². The normalized spacial score (nSPS) is 12.2. The van der Waals surface area contributed by atoms with Crippen molar-refractivity contribution >= 4 is 0 Å². The minimum Gasteiger partial charge on any atom is -0.378 e. The Hall–Kier alpha value is -1.02. The minimum atomic E-state index is 0.247. The molecular weight excluding hydrogens is 320 g/mol. The van der Waals surface area contributed by atoms with Crippen molar-refractivity contribution in [2.45, 2.75) is 53.7 Å². The van der Waals surface area contributed by atoms with Gasteiger partial charge in [-0.15, -0.1) is 5.10 Å². The van der Waals surface area contributed by atoms with E-state index in [0.717, 1.165) is 25.2 Å². The van der Waals surface area contributed by atoms with E-state index in [0.29, 0.717) is 45.0 Å². The Labute approximate surface area is 152 Å². The van der Waals surface area contributed by atoms with Crippen molar-refractivity contribution in [3.8, 4) is 0 Å². The highest BCUT2D eigenvalue weighted by atomic mass is 16.5. The fourth-order valence-corrected chi connectivity index (χ4v) is 2.14. The molecule has 0 aromatic carbocycles. The van der Waals surface area contributed by atoms with Gasteiger partial charge < -0.3 is 19.5 Å². The lowest BCUT2D eigenvalue weighted by atomic mass is 9.97. The Balaban J connectivity index is 1.99. The van der Waals surface area contributed by atoms with E-state index in [1.165, 1.54) is 0 Å². The summed E-state index contributed by atoms with van der Waals surface area (Å²) < 4.78 is 18.6. The van der Waals surface area contributed by atoms with Crippen molar-refractivity contribution in [3.05, 3.63) is 11.9 Å². The molecule has 146 valence electrons. The molecule has 0 fully saturated rings. The van der Waals surface area contributed by atoms with E-state index >= 15 is 0 Å². The molecule has 0 radical (unpaired) electrons. The number of hydrogen-bond acceptors (Lipinski definition) is 6. The molecule has 1 heterocycles. The van der Waals surface area contributed by atoms with Crippen LogP contribution in [-0.4, -0.2) is 67.2 Å². The number of hydrogen-bond donors (Lipinski definition) is 1. The quantitative estimate of drug-likeness (QED) is 0.514. The molecule has 7 heteroatoms. The maximum absolute atomic E-state index is 5.60. The Kier molecular flexibility index (Phi) is 10.9. The summed E-state index contributed by atoms with van der Waals surface area (Å²) in [7, 11) is 0. The van der Waals surface area contributed by atoms with Gasteiger partial charge in [0.25, 0.3) is 0 Å². The van der Waals surface area contributed by atoms with Crippen molar-refractivity contribution in [1.29, 1.82) is 0 Å². The first-order valence-electron chi connectivity index (χ1n) is 9.23. The summed E-state index contributed by atoms with van der Waals surface area (Å²) in [5.74, 6) is 0. The van der Waals surface area contributed by atoms with Crippen molar-refractivity contribution in [2.75, 3.05) is 46.1 Å². The smallest absolute Gasteiger partial charge is 0.0726 e. The molecule has 1 aromatic rings. The number of ether oxygens (including phenoxy) is 3. The third-order valence-corrected chi connectivity index (χ3v) is 3.41. The standard InChI is InChI=1S/C18H36N4O3/c1-16(2)25-9-6-17-14-20-21-22(17)8-11-24-13-12-23-10-7-19-15-18(3,4)5/h14,16,19H,6-13,15H2,1-5H3. The number of nitrogens with zero attached hydrogens (tertiary/aromatic N) is 3. The molecule has 0 unspecified atom stereocenters. The van der Waals surface area contributed by atoms with Crippen LogP contribution in [0.4, 0.5) is 0 Å². The van der Waals surface area contributed by atoms with E-state index in [4.69, 9.17) is 14.2 Å². The summed E-state index contributed by atoms with van der Waals surface area (Å²) >= 11 is 0. The number of rotatable bonds is 14. The van der Waals surface area contributed by atoms with Gasteiger partial charge in [-0.05, 0) is 19.3 Å². The average molecular weight is 357 g/mol. The highest BCUT2D eigenvalue weighted by molar-refractivity contribution is 4.94. The zero-order valence-corrected chi connectivity index (χ0v) is 16.6. The third-order valence-electron chi connectivity index (χ3n) is 3.41. The minimum absolute atomic E-state index is 0.247. The fourth-order valence-electron chi connectivity index (χ4n) is 2.14. The van der Waals surface area contributed by atoms with Gasteiger partial charge in [-0.2, -0.15) is 0 Å². The van der Waals surface area contributed by atoms with Gasteiger partial charge in [0, 0.05) is 19.5 Å². The second-order valence-corrected chi connectivity index (χ2v) is 7.58. The van der Waals surface area contributed by atoms with Gasteiger partial charge in [0.15, 0.2) is 0 Å². The lowest BCUT2D eigenvalue weighted by Crippen LogP contribution is -2.29. The van der Waals surface area contributed by atoms with E-state index in [-0.39, 0.29) is 6.10 Å². The second-order valence-electron chi connectivity index (χ2n) is 7.58. The molecule has 25 heavy (non-hydrogen) atoms. The van der Waals surface area contributed by atoms with Crippen LogP contribution < -0.4 is 5.32 Å². The van der Waals surface area contributed by atoms with Gasteiger partial charge in [-0.3, -0.25) is 0 Å². The van der Waals surface area contributed by atoms with Gasteiger partial charge in [-0.25, -0.2) is 4.68 Å². The zero-order chi connectivity index (χ0) is 18.5. The molecule has 0 spiro atoms. The van der Waals surface area contributed by atoms with Crippen molar-refractivity contribution in [2.24, 2.45) is 5.41 Å². The Morgan fingerprint density at radius 3 is 2.48 bits per heavy atom. The molecule has 0 aliphatic carbocycles. The molecular formula is C18H36N4O3. The molecule has 0 aliphatic heterocycles. The SMILES string of the molecule is CC(C)OCCc1cnnn1CCOCCOCCNCC(C)(C)C. The van der Waals surface area contributed by atoms with Crippen LogP contribution in [0.3, 0.4) is 0 Å². The lowest BCUT2D eigenvalue weighted by Gasteiger charge is -2.18. The van der Waals surface area contributed by atoms with Crippen LogP contribution in [0.1, 0.15) is 40.3 Å². The van der Waals surface area contributed by atoms with Gasteiger partial charge in [0.05, 0.1) is 57.6 Å². The molecule has 0 saturated heterocycles. The predicted octanol–water partition coefficient (Wildman–Crippen LogP) is 1.91. The van der Waals surface area contributed by atoms with Crippen LogP contribution in [0.2, 0.25) is 0 Å². The van der Waals surface area contributed by atoms with Crippen LogP contribution in [0, 0.1) is 5.41 Å². The van der Waals surface area contributed by atoms with E-state index in [2.05, 4.69) is 36.4 Å². The fraction of sp³-hybridized carbons (Fsp3) is 0.889. The largest absolute Gasteiger partial charge is 0.378 e.